The third kappa shape index (κ3) is 5.62. The van der Waals surface area contributed by atoms with E-state index in [1.807, 2.05) is 38.1 Å². The minimum atomic E-state index is -5.08. The zero-order valence-corrected chi connectivity index (χ0v) is 16.7. The minimum absolute atomic E-state index is 0.00543. The van der Waals surface area contributed by atoms with Crippen LogP contribution in [0.15, 0.2) is 29.1 Å². The van der Waals surface area contributed by atoms with E-state index in [9.17, 15) is 22.8 Å². The number of hydrogen-bond donors (Lipinski definition) is 3. The van der Waals surface area contributed by atoms with Crippen molar-refractivity contribution < 1.29 is 27.9 Å². The van der Waals surface area contributed by atoms with Gasteiger partial charge in [0.2, 0.25) is 0 Å². The molecule has 1 aromatic heterocycles. The van der Waals surface area contributed by atoms with Crippen molar-refractivity contribution in [3.05, 3.63) is 34.7 Å². The van der Waals surface area contributed by atoms with Crippen molar-refractivity contribution >= 4 is 23.0 Å². The van der Waals surface area contributed by atoms with E-state index in [0.29, 0.717) is 18.0 Å². The number of halogens is 3. The quantitative estimate of drug-likeness (QED) is 0.694. The first-order chi connectivity index (χ1) is 14.0. The van der Waals surface area contributed by atoms with Crippen molar-refractivity contribution in [1.29, 1.82) is 0 Å². The highest BCUT2D eigenvalue weighted by Gasteiger charge is 2.38. The van der Waals surface area contributed by atoms with Crippen molar-refractivity contribution in [1.82, 2.24) is 19.8 Å². The molecule has 0 saturated carbocycles. The molecule has 0 unspecified atom stereocenters. The molecule has 2 aromatic rings. The largest absolute Gasteiger partial charge is 0.490 e. The smallest absolute Gasteiger partial charge is 0.475 e. The first-order valence-corrected chi connectivity index (χ1v) is 9.55. The summed E-state index contributed by atoms with van der Waals surface area (Å²) in [5, 5.41) is 13.4. The number of imidazole rings is 1. The van der Waals surface area contributed by atoms with Gasteiger partial charge in [0, 0.05) is 12.6 Å². The monoisotopic (exact) mass is 430 g/mol. The Morgan fingerprint density at radius 1 is 1.20 bits per heavy atom. The molecule has 166 valence electrons. The lowest BCUT2D eigenvalue weighted by Crippen LogP contribution is -2.41. The van der Waals surface area contributed by atoms with Gasteiger partial charge in [-0.3, -0.25) is 4.57 Å². The SMILES string of the molecule is CC(C)n1c(=O)n(C(=O)NCC2CCNCC2)c2ccccc21.O=C(O)C(F)(F)F. The fraction of sp³-hybridized carbons (Fsp3) is 0.526. The van der Waals surface area contributed by atoms with E-state index in [-0.39, 0.29) is 17.8 Å². The standard InChI is InChI=1S/C17H24N4O2.C2HF3O2/c1-12(2)20-14-5-3-4-6-15(14)21(17(20)23)16(22)19-11-13-7-9-18-10-8-13;3-2(4,5)1(6)7/h3-6,12-13,18H,7-11H2,1-2H3,(H,19,22);(H,6,7). The zero-order valence-electron chi connectivity index (χ0n) is 16.7. The van der Waals surface area contributed by atoms with E-state index in [1.165, 1.54) is 4.57 Å². The number of para-hydroxylation sites is 2. The van der Waals surface area contributed by atoms with Gasteiger partial charge in [-0.05, 0) is 57.8 Å². The number of alkyl halides is 3. The first-order valence-electron chi connectivity index (χ1n) is 9.55. The molecule has 3 N–H and O–H groups in total. The van der Waals surface area contributed by atoms with Gasteiger partial charge in [-0.1, -0.05) is 12.1 Å². The molecule has 30 heavy (non-hydrogen) atoms. The summed E-state index contributed by atoms with van der Waals surface area (Å²) in [7, 11) is 0. The number of carboxylic acids is 1. The Kier molecular flexibility index (Phi) is 7.65. The van der Waals surface area contributed by atoms with Crippen LogP contribution in [0.4, 0.5) is 18.0 Å². The zero-order chi connectivity index (χ0) is 22.5. The fourth-order valence-electron chi connectivity index (χ4n) is 3.26. The molecule has 0 bridgehead atoms. The van der Waals surface area contributed by atoms with E-state index in [1.54, 1.807) is 4.57 Å². The van der Waals surface area contributed by atoms with Crippen LogP contribution in [0.1, 0.15) is 32.7 Å². The molecule has 11 heteroatoms. The number of nitrogens with zero attached hydrogens (tertiary/aromatic N) is 2. The predicted molar refractivity (Wildman–Crippen MR) is 105 cm³/mol. The van der Waals surface area contributed by atoms with Crippen LogP contribution in [0.25, 0.3) is 11.0 Å². The number of amides is 1. The van der Waals surface area contributed by atoms with Gasteiger partial charge in [0.1, 0.15) is 0 Å². The van der Waals surface area contributed by atoms with Crippen LogP contribution in [-0.4, -0.2) is 52.1 Å². The second-order valence-corrected chi connectivity index (χ2v) is 7.25. The van der Waals surface area contributed by atoms with Gasteiger partial charge >= 0.3 is 23.9 Å². The molecule has 0 radical (unpaired) electrons. The van der Waals surface area contributed by atoms with Gasteiger partial charge in [-0.25, -0.2) is 19.0 Å². The van der Waals surface area contributed by atoms with Crippen LogP contribution in [0.3, 0.4) is 0 Å². The summed E-state index contributed by atoms with van der Waals surface area (Å²) in [6.45, 7) is 6.50. The topological polar surface area (TPSA) is 105 Å². The maximum atomic E-state index is 12.7. The van der Waals surface area contributed by atoms with E-state index in [2.05, 4.69) is 10.6 Å². The van der Waals surface area contributed by atoms with Crippen LogP contribution in [0.5, 0.6) is 0 Å². The van der Waals surface area contributed by atoms with Gasteiger partial charge in [0.15, 0.2) is 0 Å². The number of benzene rings is 1. The van der Waals surface area contributed by atoms with Crippen LogP contribution in [0.2, 0.25) is 0 Å². The summed E-state index contributed by atoms with van der Waals surface area (Å²) in [6, 6.07) is 7.11. The molecule has 1 saturated heterocycles. The third-order valence-electron chi connectivity index (χ3n) is 4.74. The lowest BCUT2D eigenvalue weighted by atomic mass is 9.98. The lowest BCUT2D eigenvalue weighted by molar-refractivity contribution is -0.192. The van der Waals surface area contributed by atoms with Crippen LogP contribution >= 0.6 is 0 Å². The number of piperidine rings is 1. The molecular formula is C19H25F3N4O4. The Hall–Kier alpha value is -2.82. The lowest BCUT2D eigenvalue weighted by Gasteiger charge is -2.22. The predicted octanol–water partition coefficient (Wildman–Crippen LogP) is 2.57. The number of rotatable bonds is 3. The van der Waals surface area contributed by atoms with Crippen molar-refractivity contribution in [3.63, 3.8) is 0 Å². The molecule has 1 fully saturated rings. The van der Waals surface area contributed by atoms with Gasteiger partial charge < -0.3 is 15.7 Å². The summed E-state index contributed by atoms with van der Waals surface area (Å²) < 4.78 is 34.7. The van der Waals surface area contributed by atoms with Gasteiger partial charge in [0.05, 0.1) is 11.0 Å². The number of aromatic nitrogens is 2. The molecule has 1 amide bonds. The Bertz CT molecular complexity index is 943. The first kappa shape index (κ1) is 23.5. The van der Waals surface area contributed by atoms with E-state index in [4.69, 9.17) is 9.90 Å². The highest BCUT2D eigenvalue weighted by molar-refractivity contribution is 5.89. The van der Waals surface area contributed by atoms with Gasteiger partial charge in [-0.2, -0.15) is 13.2 Å². The normalized spacial score (nSPS) is 15.0. The van der Waals surface area contributed by atoms with E-state index in [0.717, 1.165) is 31.4 Å². The summed E-state index contributed by atoms with van der Waals surface area (Å²) in [5.41, 5.74) is 1.18. The molecule has 0 atom stereocenters. The number of hydrogen-bond acceptors (Lipinski definition) is 4. The Labute approximate surface area is 170 Å². The second kappa shape index (κ2) is 9.79. The number of carbonyl (C=O) groups excluding carboxylic acids is 1. The average Bonchev–Trinajstić information content (AvgIpc) is 2.98. The molecule has 1 aromatic carbocycles. The number of aliphatic carboxylic acids is 1. The van der Waals surface area contributed by atoms with E-state index >= 15 is 0 Å². The third-order valence-corrected chi connectivity index (χ3v) is 4.74. The molecule has 1 aliphatic rings. The summed E-state index contributed by atoms with van der Waals surface area (Å²) in [5.74, 6) is -2.28. The molecular weight excluding hydrogens is 405 g/mol. The molecule has 0 aliphatic carbocycles. The summed E-state index contributed by atoms with van der Waals surface area (Å²) >= 11 is 0. The summed E-state index contributed by atoms with van der Waals surface area (Å²) in [4.78, 5) is 34.2. The van der Waals surface area contributed by atoms with Crippen molar-refractivity contribution in [2.75, 3.05) is 19.6 Å². The number of fused-ring (bicyclic) bond motifs is 1. The van der Waals surface area contributed by atoms with Crippen molar-refractivity contribution in [3.8, 4) is 0 Å². The Morgan fingerprint density at radius 3 is 2.23 bits per heavy atom. The number of carboxylic acid groups (broad SMARTS) is 1. The summed E-state index contributed by atoms with van der Waals surface area (Å²) in [6.07, 6.45) is -2.97. The average molecular weight is 430 g/mol. The minimum Gasteiger partial charge on any atom is -0.475 e. The Morgan fingerprint density at radius 2 is 1.73 bits per heavy atom. The molecule has 3 rings (SSSR count). The van der Waals surface area contributed by atoms with Crippen molar-refractivity contribution in [2.24, 2.45) is 5.92 Å². The van der Waals surface area contributed by atoms with Crippen molar-refractivity contribution in [2.45, 2.75) is 38.9 Å². The number of nitrogens with one attached hydrogen (secondary N) is 2. The fourth-order valence-corrected chi connectivity index (χ4v) is 3.26. The second-order valence-electron chi connectivity index (χ2n) is 7.25. The maximum Gasteiger partial charge on any atom is 0.490 e. The number of carbonyl (C=O) groups is 2. The molecule has 0 spiro atoms. The van der Waals surface area contributed by atoms with Crippen LogP contribution < -0.4 is 16.3 Å². The van der Waals surface area contributed by atoms with E-state index < -0.39 is 12.1 Å². The van der Waals surface area contributed by atoms with Gasteiger partial charge in [0.25, 0.3) is 0 Å². The molecule has 8 nitrogen and oxygen atoms in total. The molecule has 2 heterocycles. The highest BCUT2D eigenvalue weighted by atomic mass is 19.4. The van der Waals surface area contributed by atoms with Crippen LogP contribution in [-0.2, 0) is 4.79 Å². The van der Waals surface area contributed by atoms with Crippen LogP contribution in [0, 0.1) is 5.92 Å². The molecule has 1 aliphatic heterocycles. The highest BCUT2D eigenvalue weighted by Crippen LogP contribution is 2.17. The van der Waals surface area contributed by atoms with Gasteiger partial charge in [-0.15, -0.1) is 0 Å². The maximum absolute atomic E-state index is 12.7. The Balaban J connectivity index is 0.000000396.